The van der Waals surface area contributed by atoms with Crippen molar-refractivity contribution in [3.05, 3.63) is 84.7 Å². The zero-order chi connectivity index (χ0) is 44.7. The van der Waals surface area contributed by atoms with E-state index in [4.69, 9.17) is 15.8 Å². The van der Waals surface area contributed by atoms with Crippen LogP contribution < -0.4 is 21.7 Å². The molecule has 2 saturated carbocycles. The quantitative estimate of drug-likeness (QED) is 0.0991. The average molecular weight is 857 g/mol. The number of nitrogens with two attached hydrogens (primary N) is 1. The Hall–Kier alpha value is -6.96. The van der Waals surface area contributed by atoms with Crippen molar-refractivity contribution in [1.29, 1.82) is 0 Å². The molecule has 8 N–H and O–H groups in total. The number of pyridine rings is 2. The van der Waals surface area contributed by atoms with Crippen LogP contribution in [0.1, 0.15) is 86.2 Å². The first kappa shape index (κ1) is 42.7. The number of carboxylic acid groups (broad SMARTS) is 1. The minimum Gasteiger partial charge on any atom is -0.477 e. The lowest BCUT2D eigenvalue weighted by molar-refractivity contribution is 0.0562. The molecule has 0 aliphatic heterocycles. The first-order valence-electron chi connectivity index (χ1n) is 21.0. The van der Waals surface area contributed by atoms with Crippen molar-refractivity contribution in [3.63, 3.8) is 0 Å². The maximum atomic E-state index is 12.9. The molecule has 63 heavy (non-hydrogen) atoms. The normalized spacial score (nSPS) is 18.1. The number of aromatic carboxylic acids is 1. The van der Waals surface area contributed by atoms with E-state index in [0.29, 0.717) is 47.3 Å². The van der Waals surface area contributed by atoms with Gasteiger partial charge >= 0.3 is 5.97 Å². The average Bonchev–Trinajstić information content (AvgIpc) is 4.05. The number of hydrogen-bond acceptors (Lipinski definition) is 13. The molecule has 0 unspecified atom stereocenters. The van der Waals surface area contributed by atoms with Crippen LogP contribution in [-0.4, -0.2) is 114 Å². The van der Waals surface area contributed by atoms with Gasteiger partial charge in [0.1, 0.15) is 34.1 Å². The number of nitrogens with one attached hydrogen (secondary N) is 3. The van der Waals surface area contributed by atoms with Gasteiger partial charge in [0.25, 0.3) is 5.91 Å². The third-order valence-electron chi connectivity index (χ3n) is 11.4. The summed E-state index contributed by atoms with van der Waals surface area (Å²) >= 11 is 0. The molecule has 8 heterocycles. The highest BCUT2D eigenvalue weighted by Crippen LogP contribution is 2.34. The predicted octanol–water partition coefficient (Wildman–Crippen LogP) is 5.16. The van der Waals surface area contributed by atoms with Gasteiger partial charge in [-0.2, -0.15) is 19.2 Å². The summed E-state index contributed by atoms with van der Waals surface area (Å²) in [5, 5.41) is 47.1. The minimum absolute atomic E-state index is 0.0144. The molecule has 8 aromatic rings. The van der Waals surface area contributed by atoms with Crippen molar-refractivity contribution in [3.8, 4) is 22.5 Å². The van der Waals surface area contributed by atoms with Gasteiger partial charge in [-0.3, -0.25) is 4.79 Å². The molecule has 19 heteroatoms. The Kier molecular flexibility index (Phi) is 11.8. The lowest BCUT2D eigenvalue weighted by Gasteiger charge is -2.31. The number of nitrogens with zero attached hydrogens (tertiary/aromatic N) is 10. The van der Waals surface area contributed by atoms with Crippen molar-refractivity contribution in [1.82, 2.24) is 53.6 Å². The molecule has 0 spiro atoms. The first-order chi connectivity index (χ1) is 30.3. The van der Waals surface area contributed by atoms with Crippen molar-refractivity contribution in [2.24, 2.45) is 5.73 Å². The van der Waals surface area contributed by atoms with Crippen LogP contribution in [0.25, 0.3) is 55.9 Å². The number of aliphatic hydroxyl groups is 2. The summed E-state index contributed by atoms with van der Waals surface area (Å²) < 4.78 is 7.34. The van der Waals surface area contributed by atoms with Crippen LogP contribution in [0.2, 0.25) is 0 Å². The van der Waals surface area contributed by atoms with Crippen LogP contribution in [0, 0.1) is 0 Å². The highest BCUT2D eigenvalue weighted by Gasteiger charge is 2.30. The molecule has 19 nitrogen and oxygen atoms in total. The number of hydrogen-bond donors (Lipinski definition) is 7. The molecule has 0 aromatic carbocycles. The highest BCUT2D eigenvalue weighted by molar-refractivity contribution is 6.01. The van der Waals surface area contributed by atoms with Crippen LogP contribution in [0.5, 0.6) is 0 Å². The maximum Gasteiger partial charge on any atom is 0.341 e. The van der Waals surface area contributed by atoms with E-state index in [9.17, 15) is 19.8 Å². The highest BCUT2D eigenvalue weighted by atomic mass is 16.4. The Morgan fingerprint density at radius 1 is 0.714 bits per heavy atom. The second-order valence-electron chi connectivity index (χ2n) is 16.5. The molecule has 0 bridgehead atoms. The molecule has 10 rings (SSSR count). The van der Waals surface area contributed by atoms with Crippen molar-refractivity contribution in [2.75, 3.05) is 24.7 Å². The smallest absolute Gasteiger partial charge is 0.341 e. The molecule has 2 aliphatic rings. The van der Waals surface area contributed by atoms with Crippen molar-refractivity contribution in [2.45, 2.75) is 89.8 Å². The van der Waals surface area contributed by atoms with Crippen molar-refractivity contribution < 1.29 is 24.9 Å². The van der Waals surface area contributed by atoms with E-state index in [1.807, 2.05) is 49.6 Å². The second kappa shape index (κ2) is 17.4. The number of amides is 1. The summed E-state index contributed by atoms with van der Waals surface area (Å²) in [7, 11) is 3.58. The van der Waals surface area contributed by atoms with E-state index in [-0.39, 0.29) is 41.8 Å². The molecule has 1 amide bonds. The molecular weight excluding hydrogens is 805 g/mol. The fourth-order valence-electron chi connectivity index (χ4n) is 7.83. The summed E-state index contributed by atoms with van der Waals surface area (Å²) in [5.41, 5.74) is 11.6. The maximum absolute atomic E-state index is 12.9. The molecule has 2 fully saturated rings. The van der Waals surface area contributed by atoms with Gasteiger partial charge in [-0.15, -0.1) is 0 Å². The van der Waals surface area contributed by atoms with E-state index in [0.717, 1.165) is 57.5 Å². The Labute approximate surface area is 362 Å². The topological polar surface area (TPSA) is 253 Å². The SMILES string of the molecule is CNc1cc(-c2cn(C(C)C)c3ncccc23)nc2c(C(=O)NC3CC(O)C3)cnn12.CNc1cc(-c2cn(C(C)C)c3ncccc23)nc2c(C(=O)O)cnn12.NC1CC(O)C1. The van der Waals surface area contributed by atoms with E-state index in [2.05, 4.69) is 84.1 Å². The summed E-state index contributed by atoms with van der Waals surface area (Å²) in [4.78, 5) is 42.9. The summed E-state index contributed by atoms with van der Waals surface area (Å²) in [5.74, 6) is 0.0992. The van der Waals surface area contributed by atoms with Crippen LogP contribution in [0.15, 0.2) is 73.6 Å². The Balaban J connectivity index is 0.000000154. The monoisotopic (exact) mass is 856 g/mol. The van der Waals surface area contributed by atoms with E-state index in [1.54, 1.807) is 24.0 Å². The van der Waals surface area contributed by atoms with Gasteiger partial charge in [0.2, 0.25) is 0 Å². The van der Waals surface area contributed by atoms with Crippen LogP contribution in [0.4, 0.5) is 11.6 Å². The van der Waals surface area contributed by atoms with Gasteiger partial charge in [-0.05, 0) is 77.6 Å². The molecule has 0 atom stereocenters. The van der Waals surface area contributed by atoms with E-state index >= 15 is 0 Å². The van der Waals surface area contributed by atoms with Gasteiger partial charge in [0, 0.05) is 97.1 Å². The fourth-order valence-corrected chi connectivity index (χ4v) is 7.83. The fraction of sp³-hybridized carbons (Fsp3) is 0.364. The number of rotatable bonds is 9. The second-order valence-corrected chi connectivity index (χ2v) is 16.5. The number of aliphatic hydroxyl groups excluding tert-OH is 2. The minimum atomic E-state index is -1.06. The van der Waals surface area contributed by atoms with Crippen LogP contribution in [0.3, 0.4) is 0 Å². The lowest BCUT2D eigenvalue weighted by atomic mass is 9.89. The molecule has 8 aromatic heterocycles. The molecule has 0 saturated heterocycles. The van der Waals surface area contributed by atoms with E-state index in [1.165, 1.54) is 16.9 Å². The third kappa shape index (κ3) is 8.25. The van der Waals surface area contributed by atoms with Crippen molar-refractivity contribution >= 4 is 56.9 Å². The predicted molar refractivity (Wildman–Crippen MR) is 240 cm³/mol. The molecule has 2 aliphatic carbocycles. The molecule has 0 radical (unpaired) electrons. The zero-order valence-corrected chi connectivity index (χ0v) is 35.9. The van der Waals surface area contributed by atoms with Crippen LogP contribution in [-0.2, 0) is 0 Å². The Morgan fingerprint density at radius 3 is 1.57 bits per heavy atom. The summed E-state index contributed by atoms with van der Waals surface area (Å²) in [6.45, 7) is 8.41. The lowest BCUT2D eigenvalue weighted by Crippen LogP contribution is -2.46. The summed E-state index contributed by atoms with van der Waals surface area (Å²) in [6, 6.07) is 12.4. The number of aromatic nitrogens is 10. The number of anilines is 2. The van der Waals surface area contributed by atoms with E-state index < -0.39 is 5.97 Å². The zero-order valence-electron chi connectivity index (χ0n) is 35.9. The first-order valence-corrected chi connectivity index (χ1v) is 21.0. The summed E-state index contributed by atoms with van der Waals surface area (Å²) in [6.07, 6.45) is 12.8. The largest absolute Gasteiger partial charge is 0.477 e. The standard InChI is InChI=1S/C22H25N7O2.C18H18N6O2.C4H9NO/c1-12(2)28-11-17(15-5-4-6-24-20(15)28)18-9-19(23-3)29-21(27-18)16(10-25-29)22(31)26-13-7-14(30)8-13;1-10(2)23-9-13(11-5-4-6-20-16(11)23)14-7-15(19-3)24-17(22-14)12(8-21-24)18(25)26;5-3-1-4(6)2-3/h4-6,9-14,23,30H,7-8H2,1-3H3,(H,26,31);4-10,19H,1-3H3,(H,25,26);3-4,6H,1-2,5H2. The number of fused-ring (bicyclic) bond motifs is 4. The van der Waals surface area contributed by atoms with Gasteiger partial charge in [-0.1, -0.05) is 0 Å². The molecular formula is C44H52N14O5. The molecule has 328 valence electrons. The Morgan fingerprint density at radius 2 is 1.17 bits per heavy atom. The number of carbonyl (C=O) groups excluding carboxylic acids is 1. The van der Waals surface area contributed by atoms with Crippen LogP contribution >= 0.6 is 0 Å². The van der Waals surface area contributed by atoms with Gasteiger partial charge in [0.05, 0.1) is 36.0 Å². The van der Waals surface area contributed by atoms with Gasteiger partial charge in [0.15, 0.2) is 11.3 Å². The number of carbonyl (C=O) groups is 2. The third-order valence-corrected chi connectivity index (χ3v) is 11.4. The van der Waals surface area contributed by atoms with Gasteiger partial charge < -0.3 is 46.1 Å². The number of carboxylic acids is 1. The Bertz CT molecular complexity index is 2950. The van der Waals surface area contributed by atoms with Gasteiger partial charge in [-0.25, -0.2) is 24.7 Å².